The van der Waals surface area contributed by atoms with E-state index in [0.29, 0.717) is 6.04 Å². The molecule has 2 aliphatic heterocycles. The summed E-state index contributed by atoms with van der Waals surface area (Å²) in [7, 11) is 0. The number of carbonyl (C=O) groups is 1. The van der Waals surface area contributed by atoms with E-state index >= 15 is 0 Å². The van der Waals surface area contributed by atoms with Gasteiger partial charge < -0.3 is 10.1 Å². The summed E-state index contributed by atoms with van der Waals surface area (Å²) in [6.45, 7) is 12.3. The van der Waals surface area contributed by atoms with Crippen LogP contribution in [0.3, 0.4) is 0 Å². The Balaban J connectivity index is 1.89. The minimum absolute atomic E-state index is 0.00482. The van der Waals surface area contributed by atoms with Crippen molar-refractivity contribution in [1.29, 1.82) is 0 Å². The van der Waals surface area contributed by atoms with E-state index in [0.717, 1.165) is 25.4 Å². The zero-order valence-electron chi connectivity index (χ0n) is 13.4. The van der Waals surface area contributed by atoms with Gasteiger partial charge in [-0.15, -0.1) is 0 Å². The highest BCUT2D eigenvalue weighted by Crippen LogP contribution is 2.24. The fraction of sp³-hybridized carbons (Fsp3) is 0.938. The van der Waals surface area contributed by atoms with Gasteiger partial charge in [0.2, 0.25) is 0 Å². The topological polar surface area (TPSA) is 41.6 Å². The van der Waals surface area contributed by atoms with Gasteiger partial charge in [-0.3, -0.25) is 9.69 Å². The van der Waals surface area contributed by atoms with Gasteiger partial charge in [-0.2, -0.15) is 0 Å². The number of ether oxygens (including phenoxy) is 1. The Bertz CT molecular complexity index is 338. The Morgan fingerprint density at radius 1 is 1.30 bits per heavy atom. The van der Waals surface area contributed by atoms with E-state index in [4.69, 9.17) is 4.74 Å². The molecule has 2 aliphatic rings. The van der Waals surface area contributed by atoms with Crippen molar-refractivity contribution < 1.29 is 9.53 Å². The third-order valence-electron chi connectivity index (χ3n) is 4.27. The lowest BCUT2D eigenvalue weighted by Crippen LogP contribution is -2.53. The van der Waals surface area contributed by atoms with Crippen molar-refractivity contribution in [2.24, 2.45) is 11.8 Å². The summed E-state index contributed by atoms with van der Waals surface area (Å²) in [6.07, 6.45) is 3.57. The second kappa shape index (κ2) is 6.44. The molecule has 2 heterocycles. The summed E-state index contributed by atoms with van der Waals surface area (Å²) in [5, 5.41) is 3.42. The molecule has 3 atom stereocenters. The van der Waals surface area contributed by atoms with E-state index in [1.165, 1.54) is 25.9 Å². The van der Waals surface area contributed by atoms with Crippen LogP contribution in [-0.2, 0) is 9.53 Å². The standard InChI is InChI=1S/C16H30N2O2/c1-12-6-5-7-18(11-12)14-8-13(9-17-10-14)15(19)20-16(2,3)4/h12-14,17H,5-11H2,1-4H3/t12-,13+,14+/m1/s1. The fourth-order valence-corrected chi connectivity index (χ4v) is 3.32. The molecule has 0 aromatic heterocycles. The molecule has 2 saturated heterocycles. The molecular formula is C16H30N2O2. The van der Waals surface area contributed by atoms with E-state index in [9.17, 15) is 4.79 Å². The molecule has 20 heavy (non-hydrogen) atoms. The number of esters is 1. The van der Waals surface area contributed by atoms with Crippen LogP contribution in [0.1, 0.15) is 47.0 Å². The van der Waals surface area contributed by atoms with Gasteiger partial charge in [0.05, 0.1) is 5.92 Å². The van der Waals surface area contributed by atoms with Crippen molar-refractivity contribution in [1.82, 2.24) is 10.2 Å². The molecule has 0 saturated carbocycles. The minimum Gasteiger partial charge on any atom is -0.460 e. The number of carbonyl (C=O) groups excluding carboxylic acids is 1. The zero-order valence-corrected chi connectivity index (χ0v) is 13.4. The molecule has 2 rings (SSSR count). The van der Waals surface area contributed by atoms with Gasteiger partial charge in [-0.1, -0.05) is 6.92 Å². The molecule has 1 N–H and O–H groups in total. The quantitative estimate of drug-likeness (QED) is 0.787. The largest absolute Gasteiger partial charge is 0.460 e. The molecule has 0 aromatic carbocycles. The first-order valence-corrected chi connectivity index (χ1v) is 8.03. The highest BCUT2D eigenvalue weighted by molar-refractivity contribution is 5.73. The molecule has 0 spiro atoms. The summed E-state index contributed by atoms with van der Waals surface area (Å²) < 4.78 is 5.54. The third-order valence-corrected chi connectivity index (χ3v) is 4.27. The molecule has 0 radical (unpaired) electrons. The lowest BCUT2D eigenvalue weighted by molar-refractivity contribution is -0.161. The van der Waals surface area contributed by atoms with Crippen molar-refractivity contribution in [2.75, 3.05) is 26.2 Å². The van der Waals surface area contributed by atoms with E-state index in [1.807, 2.05) is 20.8 Å². The first-order chi connectivity index (χ1) is 9.35. The second-order valence-corrected chi connectivity index (χ2v) is 7.52. The maximum Gasteiger partial charge on any atom is 0.310 e. The second-order valence-electron chi connectivity index (χ2n) is 7.52. The first-order valence-electron chi connectivity index (χ1n) is 8.03. The van der Waals surface area contributed by atoms with Gasteiger partial charge in [-0.05, 0) is 52.5 Å². The normalized spacial score (nSPS) is 32.9. The van der Waals surface area contributed by atoms with Crippen molar-refractivity contribution in [3.63, 3.8) is 0 Å². The van der Waals surface area contributed by atoms with E-state index in [2.05, 4.69) is 17.1 Å². The molecule has 4 nitrogen and oxygen atoms in total. The summed E-state index contributed by atoms with van der Waals surface area (Å²) in [4.78, 5) is 14.8. The lowest BCUT2D eigenvalue weighted by Gasteiger charge is -2.41. The molecule has 0 bridgehead atoms. The van der Waals surface area contributed by atoms with Crippen LogP contribution in [0.15, 0.2) is 0 Å². The predicted octanol–water partition coefficient (Wildman–Crippen LogP) is 2.04. The van der Waals surface area contributed by atoms with Crippen LogP contribution < -0.4 is 5.32 Å². The number of hydrogen-bond acceptors (Lipinski definition) is 4. The van der Waals surface area contributed by atoms with Crippen LogP contribution in [0.2, 0.25) is 0 Å². The van der Waals surface area contributed by atoms with Crippen molar-refractivity contribution >= 4 is 5.97 Å². The smallest absolute Gasteiger partial charge is 0.310 e. The first kappa shape index (κ1) is 15.8. The molecule has 116 valence electrons. The SMILES string of the molecule is C[C@@H]1CCCN([C@@H]2CNC[C@@H](C(=O)OC(C)(C)C)C2)C1. The van der Waals surface area contributed by atoms with Gasteiger partial charge in [0.25, 0.3) is 0 Å². The minimum atomic E-state index is -0.385. The summed E-state index contributed by atoms with van der Waals surface area (Å²) in [5.41, 5.74) is -0.385. The zero-order chi connectivity index (χ0) is 14.8. The Hall–Kier alpha value is -0.610. The van der Waals surface area contributed by atoms with Crippen LogP contribution in [0.5, 0.6) is 0 Å². The number of nitrogens with zero attached hydrogens (tertiary/aromatic N) is 1. The summed E-state index contributed by atoms with van der Waals surface area (Å²) >= 11 is 0. The Kier molecular flexibility index (Phi) is 5.08. The highest BCUT2D eigenvalue weighted by atomic mass is 16.6. The lowest BCUT2D eigenvalue weighted by atomic mass is 9.91. The van der Waals surface area contributed by atoms with E-state index in [-0.39, 0.29) is 17.5 Å². The van der Waals surface area contributed by atoms with Crippen LogP contribution in [0.25, 0.3) is 0 Å². The molecule has 0 unspecified atom stereocenters. The van der Waals surface area contributed by atoms with Gasteiger partial charge in [0.15, 0.2) is 0 Å². The maximum absolute atomic E-state index is 12.2. The molecule has 0 amide bonds. The Labute approximate surface area is 123 Å². The van der Waals surface area contributed by atoms with Gasteiger partial charge in [-0.25, -0.2) is 0 Å². The van der Waals surface area contributed by atoms with Gasteiger partial charge in [0.1, 0.15) is 5.60 Å². The molecule has 2 fully saturated rings. The van der Waals surface area contributed by atoms with Crippen molar-refractivity contribution in [3.05, 3.63) is 0 Å². The number of rotatable bonds is 2. The van der Waals surface area contributed by atoms with Crippen LogP contribution in [0, 0.1) is 11.8 Å². The molecular weight excluding hydrogens is 252 g/mol. The number of piperidine rings is 2. The third kappa shape index (κ3) is 4.45. The number of hydrogen-bond donors (Lipinski definition) is 1. The maximum atomic E-state index is 12.2. The summed E-state index contributed by atoms with van der Waals surface area (Å²) in [5.74, 6) is 0.746. The highest BCUT2D eigenvalue weighted by Gasteiger charge is 2.34. The molecule has 4 heteroatoms. The van der Waals surface area contributed by atoms with Crippen molar-refractivity contribution in [2.45, 2.75) is 58.6 Å². The fourth-order valence-electron chi connectivity index (χ4n) is 3.32. The monoisotopic (exact) mass is 282 g/mol. The number of likely N-dealkylation sites (tertiary alicyclic amines) is 1. The average molecular weight is 282 g/mol. The average Bonchev–Trinajstić information content (AvgIpc) is 2.37. The van der Waals surface area contributed by atoms with Crippen molar-refractivity contribution in [3.8, 4) is 0 Å². The Morgan fingerprint density at radius 3 is 2.70 bits per heavy atom. The van der Waals surface area contributed by atoms with Crippen LogP contribution >= 0.6 is 0 Å². The predicted molar refractivity (Wildman–Crippen MR) is 80.6 cm³/mol. The summed E-state index contributed by atoms with van der Waals surface area (Å²) in [6, 6.07) is 0.490. The number of nitrogens with one attached hydrogen (secondary N) is 1. The Morgan fingerprint density at radius 2 is 2.05 bits per heavy atom. The molecule has 0 aromatic rings. The van der Waals surface area contributed by atoms with E-state index in [1.54, 1.807) is 0 Å². The van der Waals surface area contributed by atoms with E-state index < -0.39 is 0 Å². The van der Waals surface area contributed by atoms with Gasteiger partial charge in [0, 0.05) is 25.7 Å². The van der Waals surface area contributed by atoms with Crippen LogP contribution in [0.4, 0.5) is 0 Å². The molecule has 0 aliphatic carbocycles. The van der Waals surface area contributed by atoms with Crippen LogP contribution in [-0.4, -0.2) is 48.7 Å². The van der Waals surface area contributed by atoms with Gasteiger partial charge >= 0.3 is 5.97 Å².